The van der Waals surface area contributed by atoms with Crippen molar-refractivity contribution in [1.29, 1.82) is 0 Å². The molecule has 2 aromatic rings. The van der Waals surface area contributed by atoms with Gasteiger partial charge in [0.1, 0.15) is 0 Å². The lowest BCUT2D eigenvalue weighted by Gasteiger charge is -2.08. The van der Waals surface area contributed by atoms with E-state index in [9.17, 15) is 4.79 Å². The molecule has 2 rings (SSSR count). The van der Waals surface area contributed by atoms with Gasteiger partial charge in [0.2, 0.25) is 0 Å². The summed E-state index contributed by atoms with van der Waals surface area (Å²) in [6.45, 7) is 3.81. The summed E-state index contributed by atoms with van der Waals surface area (Å²) in [5.41, 5.74) is 8.99. The summed E-state index contributed by atoms with van der Waals surface area (Å²) >= 11 is 0. The number of nitrogens with two attached hydrogens (primary N) is 1. The third-order valence-corrected chi connectivity index (χ3v) is 2.87. The zero-order valence-corrected chi connectivity index (χ0v) is 11.1. The third-order valence-electron chi connectivity index (χ3n) is 2.87. The van der Waals surface area contributed by atoms with Gasteiger partial charge >= 0.3 is 0 Å². The van der Waals surface area contributed by atoms with Gasteiger partial charge in [-0.3, -0.25) is 9.78 Å². The molecule has 0 fully saturated rings. The summed E-state index contributed by atoms with van der Waals surface area (Å²) in [5, 5.41) is 2.82. The Hall–Kier alpha value is -2.20. The SMILES string of the molecule is Cc1ccc(C(=O)Nc2ccc(C(C)N)cc2)cn1. The van der Waals surface area contributed by atoms with Crippen molar-refractivity contribution < 1.29 is 4.79 Å². The van der Waals surface area contributed by atoms with Crippen molar-refractivity contribution in [3.05, 3.63) is 59.4 Å². The van der Waals surface area contributed by atoms with Crippen molar-refractivity contribution in [2.45, 2.75) is 19.9 Å². The number of carbonyl (C=O) groups is 1. The first-order valence-corrected chi connectivity index (χ1v) is 6.16. The molecule has 0 spiro atoms. The Kier molecular flexibility index (Phi) is 3.92. The molecule has 0 aliphatic rings. The Morgan fingerprint density at radius 3 is 2.42 bits per heavy atom. The topological polar surface area (TPSA) is 68.0 Å². The van der Waals surface area contributed by atoms with Crippen molar-refractivity contribution in [2.75, 3.05) is 5.32 Å². The van der Waals surface area contributed by atoms with Gasteiger partial charge in [-0.15, -0.1) is 0 Å². The van der Waals surface area contributed by atoms with Gasteiger partial charge in [0.05, 0.1) is 5.56 Å². The highest BCUT2D eigenvalue weighted by Gasteiger charge is 2.06. The van der Waals surface area contributed by atoms with E-state index in [1.54, 1.807) is 12.3 Å². The Morgan fingerprint density at radius 1 is 1.21 bits per heavy atom. The fraction of sp³-hybridized carbons (Fsp3) is 0.200. The average molecular weight is 255 g/mol. The van der Waals surface area contributed by atoms with E-state index in [0.717, 1.165) is 16.9 Å². The second-order valence-electron chi connectivity index (χ2n) is 4.55. The lowest BCUT2D eigenvalue weighted by atomic mass is 10.1. The molecule has 0 saturated heterocycles. The van der Waals surface area contributed by atoms with Crippen molar-refractivity contribution in [2.24, 2.45) is 5.73 Å². The number of aromatic nitrogens is 1. The summed E-state index contributed by atoms with van der Waals surface area (Å²) in [4.78, 5) is 16.1. The molecular formula is C15H17N3O. The average Bonchev–Trinajstić information content (AvgIpc) is 2.40. The maximum absolute atomic E-state index is 12.0. The number of aryl methyl sites for hydroxylation is 1. The van der Waals surface area contributed by atoms with Crippen LogP contribution in [0.1, 0.15) is 34.6 Å². The highest BCUT2D eigenvalue weighted by molar-refractivity contribution is 6.04. The van der Waals surface area contributed by atoms with E-state index in [-0.39, 0.29) is 11.9 Å². The standard InChI is InChI=1S/C15H17N3O/c1-10-3-4-13(9-17-10)15(19)18-14-7-5-12(6-8-14)11(2)16/h3-9,11H,16H2,1-2H3,(H,18,19). The highest BCUT2D eigenvalue weighted by atomic mass is 16.1. The monoisotopic (exact) mass is 255 g/mol. The van der Waals surface area contributed by atoms with Crippen LogP contribution in [0.2, 0.25) is 0 Å². The molecule has 1 heterocycles. The maximum atomic E-state index is 12.0. The van der Waals surface area contributed by atoms with Crippen molar-refractivity contribution >= 4 is 11.6 Å². The number of amides is 1. The molecule has 1 atom stereocenters. The number of rotatable bonds is 3. The Labute approximate surface area is 112 Å². The second kappa shape index (κ2) is 5.63. The largest absolute Gasteiger partial charge is 0.324 e. The summed E-state index contributed by atoms with van der Waals surface area (Å²) < 4.78 is 0. The summed E-state index contributed by atoms with van der Waals surface area (Å²) in [5.74, 6) is -0.166. The number of hydrogen-bond acceptors (Lipinski definition) is 3. The van der Waals surface area contributed by atoms with E-state index >= 15 is 0 Å². The van der Waals surface area contributed by atoms with Gasteiger partial charge in [0, 0.05) is 23.6 Å². The first-order chi connectivity index (χ1) is 9.06. The van der Waals surface area contributed by atoms with Crippen LogP contribution >= 0.6 is 0 Å². The summed E-state index contributed by atoms with van der Waals surface area (Å²) in [6.07, 6.45) is 1.57. The minimum Gasteiger partial charge on any atom is -0.324 e. The molecule has 1 unspecified atom stereocenters. The molecule has 4 nitrogen and oxygen atoms in total. The molecule has 3 N–H and O–H groups in total. The second-order valence-corrected chi connectivity index (χ2v) is 4.55. The van der Waals surface area contributed by atoms with Crippen LogP contribution in [0.5, 0.6) is 0 Å². The number of pyridine rings is 1. The number of nitrogens with one attached hydrogen (secondary N) is 1. The fourth-order valence-electron chi connectivity index (χ4n) is 1.68. The molecular weight excluding hydrogens is 238 g/mol. The fourth-order valence-corrected chi connectivity index (χ4v) is 1.68. The molecule has 19 heavy (non-hydrogen) atoms. The predicted molar refractivity (Wildman–Crippen MR) is 76.0 cm³/mol. The number of anilines is 1. The van der Waals surface area contributed by atoms with E-state index in [1.165, 1.54) is 0 Å². The predicted octanol–water partition coefficient (Wildman–Crippen LogP) is 2.66. The number of benzene rings is 1. The molecule has 0 saturated carbocycles. The Morgan fingerprint density at radius 2 is 1.89 bits per heavy atom. The summed E-state index contributed by atoms with van der Waals surface area (Å²) in [7, 11) is 0. The van der Waals surface area contributed by atoms with Gasteiger partial charge in [-0.2, -0.15) is 0 Å². The van der Waals surface area contributed by atoms with Crippen LogP contribution < -0.4 is 11.1 Å². The molecule has 0 radical (unpaired) electrons. The molecule has 0 aliphatic heterocycles. The van der Waals surface area contributed by atoms with Gasteiger partial charge in [0.15, 0.2) is 0 Å². The Bertz CT molecular complexity index is 559. The van der Waals surface area contributed by atoms with Gasteiger partial charge in [-0.1, -0.05) is 12.1 Å². The van der Waals surface area contributed by atoms with Gasteiger partial charge in [0.25, 0.3) is 5.91 Å². The van der Waals surface area contributed by atoms with Crippen LogP contribution in [0.25, 0.3) is 0 Å². The molecule has 4 heteroatoms. The number of carbonyl (C=O) groups excluding carboxylic acids is 1. The van der Waals surface area contributed by atoms with E-state index < -0.39 is 0 Å². The molecule has 0 aliphatic carbocycles. The van der Waals surface area contributed by atoms with Gasteiger partial charge in [-0.25, -0.2) is 0 Å². The number of nitrogens with zero attached hydrogens (tertiary/aromatic N) is 1. The number of hydrogen-bond donors (Lipinski definition) is 2. The lowest BCUT2D eigenvalue weighted by Crippen LogP contribution is -2.12. The Balaban J connectivity index is 2.08. The smallest absolute Gasteiger partial charge is 0.257 e. The van der Waals surface area contributed by atoms with Crippen molar-refractivity contribution in [3.8, 4) is 0 Å². The first kappa shape index (κ1) is 13.2. The molecule has 98 valence electrons. The van der Waals surface area contributed by atoms with E-state index in [0.29, 0.717) is 5.56 Å². The zero-order valence-electron chi connectivity index (χ0n) is 11.1. The van der Waals surface area contributed by atoms with Gasteiger partial charge in [-0.05, 0) is 43.7 Å². The van der Waals surface area contributed by atoms with Crippen molar-refractivity contribution in [1.82, 2.24) is 4.98 Å². The van der Waals surface area contributed by atoms with Crippen LogP contribution in [0.3, 0.4) is 0 Å². The van der Waals surface area contributed by atoms with E-state index in [4.69, 9.17) is 5.73 Å². The molecule has 1 amide bonds. The maximum Gasteiger partial charge on any atom is 0.257 e. The summed E-state index contributed by atoms with van der Waals surface area (Å²) in [6, 6.07) is 11.1. The minimum atomic E-state index is -0.166. The minimum absolute atomic E-state index is 0.00829. The first-order valence-electron chi connectivity index (χ1n) is 6.16. The van der Waals surface area contributed by atoms with Crippen LogP contribution in [0, 0.1) is 6.92 Å². The van der Waals surface area contributed by atoms with Crippen LogP contribution in [0.4, 0.5) is 5.69 Å². The van der Waals surface area contributed by atoms with Crippen LogP contribution in [-0.2, 0) is 0 Å². The normalized spacial score (nSPS) is 11.9. The quantitative estimate of drug-likeness (QED) is 0.886. The third kappa shape index (κ3) is 3.39. The molecule has 0 bridgehead atoms. The zero-order chi connectivity index (χ0) is 13.8. The van der Waals surface area contributed by atoms with E-state index in [2.05, 4.69) is 10.3 Å². The molecule has 1 aromatic heterocycles. The van der Waals surface area contributed by atoms with Crippen molar-refractivity contribution in [3.63, 3.8) is 0 Å². The highest BCUT2D eigenvalue weighted by Crippen LogP contribution is 2.15. The molecule has 1 aromatic carbocycles. The lowest BCUT2D eigenvalue weighted by molar-refractivity contribution is 0.102. The van der Waals surface area contributed by atoms with E-state index in [1.807, 2.05) is 44.2 Å². The van der Waals surface area contributed by atoms with Crippen LogP contribution in [0.15, 0.2) is 42.6 Å². The van der Waals surface area contributed by atoms with Gasteiger partial charge < -0.3 is 11.1 Å². The van der Waals surface area contributed by atoms with Crippen LogP contribution in [-0.4, -0.2) is 10.9 Å².